The highest BCUT2D eigenvalue weighted by Crippen LogP contribution is 2.26. The zero-order valence-corrected chi connectivity index (χ0v) is 13.0. The minimum atomic E-state index is -1.78. The monoisotopic (exact) mass is 356 g/mol. The van der Waals surface area contributed by atoms with Gasteiger partial charge in [0.25, 0.3) is 5.56 Å². The Kier molecular flexibility index (Phi) is 4.15. The molecule has 0 aliphatic heterocycles. The minimum absolute atomic E-state index is 0.187. The highest BCUT2D eigenvalue weighted by atomic mass is 35.6. The molecule has 2 aromatic heterocycles. The van der Waals surface area contributed by atoms with Crippen LogP contribution in [0, 0.1) is 0 Å². The Morgan fingerprint density at radius 1 is 1.40 bits per heavy atom. The number of fused-ring (bicyclic) bond motifs is 1. The normalized spacial score (nSPS) is 11.8. The van der Waals surface area contributed by atoms with Crippen LogP contribution in [0.15, 0.2) is 21.0 Å². The van der Waals surface area contributed by atoms with E-state index in [0.717, 1.165) is 20.5 Å². The Bertz CT molecular complexity index is 786. The molecule has 6 nitrogen and oxygen atoms in total. The minimum Gasteiger partial charge on any atom is -0.444 e. The molecule has 0 saturated carbocycles. The van der Waals surface area contributed by atoms with E-state index in [4.69, 9.17) is 39.5 Å². The van der Waals surface area contributed by atoms with Crippen LogP contribution in [0.1, 0.15) is 0 Å². The summed E-state index contributed by atoms with van der Waals surface area (Å²) in [6.07, 6.45) is -1.01. The van der Waals surface area contributed by atoms with Gasteiger partial charge in [-0.15, -0.1) is 11.3 Å². The van der Waals surface area contributed by atoms with E-state index in [-0.39, 0.29) is 10.2 Å². The molecule has 0 radical (unpaired) electrons. The fourth-order valence-corrected chi connectivity index (χ4v) is 2.55. The summed E-state index contributed by atoms with van der Waals surface area (Å²) in [7, 11) is 1.26. The van der Waals surface area contributed by atoms with Gasteiger partial charge in [0.05, 0.1) is 5.39 Å². The number of ether oxygens (including phenoxy) is 1. The van der Waals surface area contributed by atoms with Crippen LogP contribution >= 0.6 is 46.1 Å². The quantitative estimate of drug-likeness (QED) is 0.733. The van der Waals surface area contributed by atoms with E-state index >= 15 is 0 Å². The second kappa shape index (κ2) is 5.40. The zero-order valence-electron chi connectivity index (χ0n) is 9.93. The van der Waals surface area contributed by atoms with Crippen molar-refractivity contribution in [1.82, 2.24) is 9.13 Å². The number of aromatic nitrogens is 2. The largest absolute Gasteiger partial charge is 0.444 e. The van der Waals surface area contributed by atoms with Crippen molar-refractivity contribution >= 4 is 62.4 Å². The summed E-state index contributed by atoms with van der Waals surface area (Å²) in [5, 5.41) is 1.83. The van der Waals surface area contributed by atoms with Gasteiger partial charge < -0.3 is 4.74 Å². The Morgan fingerprint density at radius 3 is 2.65 bits per heavy atom. The Hall–Kier alpha value is -1.02. The molecule has 2 heterocycles. The summed E-state index contributed by atoms with van der Waals surface area (Å²) in [6, 6.07) is 1.51. The first kappa shape index (κ1) is 15.4. The number of nitrogens with zero attached hydrogens (tertiary/aromatic N) is 2. The molecule has 108 valence electrons. The van der Waals surface area contributed by atoms with Crippen molar-refractivity contribution in [2.24, 2.45) is 7.05 Å². The van der Waals surface area contributed by atoms with Gasteiger partial charge in [-0.25, -0.2) is 9.59 Å². The van der Waals surface area contributed by atoms with Crippen molar-refractivity contribution in [2.75, 3.05) is 6.61 Å². The number of alkyl halides is 3. The summed E-state index contributed by atoms with van der Waals surface area (Å²) >= 11 is 17.5. The zero-order chi connectivity index (χ0) is 15.1. The number of hydrogen-bond acceptors (Lipinski definition) is 5. The molecule has 2 rings (SSSR count). The van der Waals surface area contributed by atoms with E-state index in [9.17, 15) is 14.4 Å². The number of carbonyl (C=O) groups excluding carboxylic acids is 1. The lowest BCUT2D eigenvalue weighted by molar-refractivity contribution is 0.149. The van der Waals surface area contributed by atoms with Crippen LogP contribution in [-0.4, -0.2) is 25.6 Å². The average Bonchev–Trinajstić information content (AvgIpc) is 2.82. The first-order valence-electron chi connectivity index (χ1n) is 5.15. The first-order chi connectivity index (χ1) is 9.22. The van der Waals surface area contributed by atoms with Gasteiger partial charge in [0.2, 0.25) is 3.79 Å². The van der Waals surface area contributed by atoms with Gasteiger partial charge in [-0.1, -0.05) is 34.8 Å². The number of carbonyl (C=O) groups is 1. The lowest BCUT2D eigenvalue weighted by Gasteiger charge is -2.12. The summed E-state index contributed by atoms with van der Waals surface area (Å²) in [5.41, 5.74) is -1.31. The molecular formula is C10H7Cl3N2O4S. The fraction of sp³-hybridized carbons (Fsp3) is 0.300. The van der Waals surface area contributed by atoms with Crippen LogP contribution < -0.4 is 11.2 Å². The smallest absolute Gasteiger partial charge is 0.423 e. The van der Waals surface area contributed by atoms with Crippen LogP contribution in [-0.2, 0) is 11.8 Å². The number of thiophene rings is 1. The molecule has 0 bridgehead atoms. The first-order valence-corrected chi connectivity index (χ1v) is 7.17. The van der Waals surface area contributed by atoms with Gasteiger partial charge >= 0.3 is 11.8 Å². The predicted octanol–water partition coefficient (Wildman–Crippen LogP) is 2.12. The number of halogens is 3. The van der Waals surface area contributed by atoms with Crippen molar-refractivity contribution in [2.45, 2.75) is 3.79 Å². The molecule has 20 heavy (non-hydrogen) atoms. The lowest BCUT2D eigenvalue weighted by Crippen LogP contribution is -2.41. The third-order valence-corrected chi connectivity index (χ3v) is 3.63. The van der Waals surface area contributed by atoms with Crippen LogP contribution in [0.5, 0.6) is 0 Å². The molecule has 0 unspecified atom stereocenters. The maximum absolute atomic E-state index is 12.0. The Balaban J connectivity index is 2.55. The van der Waals surface area contributed by atoms with Gasteiger partial charge in [-0.3, -0.25) is 9.36 Å². The molecule has 0 aliphatic rings. The van der Waals surface area contributed by atoms with E-state index in [1.54, 1.807) is 5.38 Å². The molecular weight excluding hydrogens is 351 g/mol. The van der Waals surface area contributed by atoms with E-state index in [1.165, 1.54) is 13.1 Å². The van der Waals surface area contributed by atoms with Crippen molar-refractivity contribution in [3.63, 3.8) is 0 Å². The van der Waals surface area contributed by atoms with Crippen LogP contribution in [0.2, 0.25) is 0 Å². The molecule has 0 fully saturated rings. The van der Waals surface area contributed by atoms with Crippen molar-refractivity contribution in [3.8, 4) is 0 Å². The maximum Gasteiger partial charge on any atom is 0.423 e. The second-order valence-electron chi connectivity index (χ2n) is 3.79. The van der Waals surface area contributed by atoms with Gasteiger partial charge in [0, 0.05) is 7.05 Å². The molecule has 0 spiro atoms. The standard InChI is InChI=1S/C10H7Cl3N2O4S/c1-14-6(16)5-2-3-20-7(5)15(8(14)17)9(18)19-4-10(11,12)13/h2-3H,4H2,1H3. The predicted molar refractivity (Wildman–Crippen MR) is 78.4 cm³/mol. The molecule has 10 heteroatoms. The highest BCUT2D eigenvalue weighted by molar-refractivity contribution is 7.16. The number of hydrogen-bond donors (Lipinski definition) is 0. The van der Waals surface area contributed by atoms with Gasteiger partial charge in [-0.2, -0.15) is 4.57 Å². The second-order valence-corrected chi connectivity index (χ2v) is 7.20. The van der Waals surface area contributed by atoms with Gasteiger partial charge in [-0.05, 0) is 11.4 Å². The summed E-state index contributed by atoms with van der Waals surface area (Å²) < 4.78 is 4.53. The molecule has 0 atom stereocenters. The number of rotatable bonds is 1. The fourth-order valence-electron chi connectivity index (χ4n) is 1.51. The van der Waals surface area contributed by atoms with E-state index in [0.29, 0.717) is 0 Å². The topological polar surface area (TPSA) is 70.3 Å². The Morgan fingerprint density at radius 2 is 2.05 bits per heavy atom. The molecule has 0 amide bonds. The van der Waals surface area contributed by atoms with Crippen LogP contribution in [0.4, 0.5) is 4.79 Å². The van der Waals surface area contributed by atoms with Crippen molar-refractivity contribution in [3.05, 3.63) is 32.3 Å². The molecule has 0 N–H and O–H groups in total. The van der Waals surface area contributed by atoms with Crippen LogP contribution in [0.25, 0.3) is 10.2 Å². The lowest BCUT2D eigenvalue weighted by atomic mass is 10.4. The molecule has 0 aromatic carbocycles. The summed E-state index contributed by atoms with van der Waals surface area (Å²) in [6.45, 7) is -0.515. The average molecular weight is 358 g/mol. The van der Waals surface area contributed by atoms with Crippen molar-refractivity contribution < 1.29 is 9.53 Å². The summed E-state index contributed by atoms with van der Waals surface area (Å²) in [4.78, 5) is 36.0. The molecule has 2 aromatic rings. The van der Waals surface area contributed by atoms with E-state index in [2.05, 4.69) is 0 Å². The van der Waals surface area contributed by atoms with E-state index < -0.39 is 27.7 Å². The third-order valence-electron chi connectivity index (χ3n) is 2.40. The third kappa shape index (κ3) is 2.85. The molecule has 0 saturated heterocycles. The van der Waals surface area contributed by atoms with Gasteiger partial charge in [0.1, 0.15) is 11.4 Å². The maximum atomic E-state index is 12.0. The van der Waals surface area contributed by atoms with Crippen LogP contribution in [0.3, 0.4) is 0 Å². The van der Waals surface area contributed by atoms with Crippen molar-refractivity contribution in [1.29, 1.82) is 0 Å². The van der Waals surface area contributed by atoms with E-state index in [1.807, 2.05) is 0 Å². The highest BCUT2D eigenvalue weighted by Gasteiger charge is 2.25. The SMILES string of the molecule is Cn1c(=O)c2ccsc2n(C(=O)OCC(Cl)(Cl)Cl)c1=O. The summed E-state index contributed by atoms with van der Waals surface area (Å²) in [5.74, 6) is 0. The van der Waals surface area contributed by atoms with Gasteiger partial charge in [0.15, 0.2) is 0 Å². The molecule has 0 aliphatic carbocycles. The Labute approximate surface area is 131 Å².